The van der Waals surface area contributed by atoms with Gasteiger partial charge in [0, 0.05) is 45.8 Å². The zero-order chi connectivity index (χ0) is 21.3. The second-order valence-corrected chi connectivity index (χ2v) is 7.20. The smallest absolute Gasteiger partial charge is 0.332 e. The molecule has 0 radical (unpaired) electrons. The van der Waals surface area contributed by atoms with Crippen LogP contribution in [0.25, 0.3) is 0 Å². The van der Waals surface area contributed by atoms with Crippen molar-refractivity contribution >= 4 is 17.5 Å². The zero-order valence-electron chi connectivity index (χ0n) is 16.8. The Bertz CT molecular complexity index is 1050. The van der Waals surface area contributed by atoms with Gasteiger partial charge >= 0.3 is 5.69 Å². The minimum absolute atomic E-state index is 0.0413. The minimum atomic E-state index is -0.694. The number of piperazine rings is 1. The van der Waals surface area contributed by atoms with E-state index in [-0.39, 0.29) is 17.3 Å². The predicted molar refractivity (Wildman–Crippen MR) is 109 cm³/mol. The van der Waals surface area contributed by atoms with E-state index in [9.17, 15) is 19.2 Å². The van der Waals surface area contributed by atoms with Crippen molar-refractivity contribution in [2.45, 2.75) is 13.0 Å². The molecule has 1 fully saturated rings. The number of nitrogens with two attached hydrogens (primary N) is 1. The van der Waals surface area contributed by atoms with Gasteiger partial charge in [-0.25, -0.2) is 4.79 Å². The normalized spacial score (nSPS) is 15.9. The number of aromatic nitrogens is 2. The molecule has 1 atom stereocenters. The van der Waals surface area contributed by atoms with E-state index in [1.54, 1.807) is 24.0 Å². The summed E-state index contributed by atoms with van der Waals surface area (Å²) < 4.78 is 1.98. The molecular weight excluding hydrogens is 374 g/mol. The maximum atomic E-state index is 13.0. The average molecular weight is 399 g/mol. The molecular formula is C20H25N5O4. The molecule has 2 N–H and O–H groups in total. The van der Waals surface area contributed by atoms with Gasteiger partial charge in [0.1, 0.15) is 11.4 Å². The molecule has 1 aliphatic rings. The molecule has 1 unspecified atom stereocenters. The number of nitrogen functional groups attached to an aromatic ring is 1. The number of ketones is 1. The van der Waals surface area contributed by atoms with Crippen LogP contribution in [0.3, 0.4) is 0 Å². The molecule has 154 valence electrons. The number of benzene rings is 1. The van der Waals surface area contributed by atoms with E-state index in [2.05, 4.69) is 0 Å². The fourth-order valence-electron chi connectivity index (χ4n) is 3.54. The lowest BCUT2D eigenvalue weighted by atomic mass is 10.0. The van der Waals surface area contributed by atoms with Crippen LogP contribution in [0.5, 0.6) is 0 Å². The summed E-state index contributed by atoms with van der Waals surface area (Å²) in [5.41, 5.74) is 5.09. The number of Topliss-reactive ketones (excluding diaryl/α,β-unsaturated/α-hetero) is 1. The number of amides is 1. The van der Waals surface area contributed by atoms with E-state index in [1.165, 1.54) is 14.1 Å². The summed E-state index contributed by atoms with van der Waals surface area (Å²) in [7, 11) is 2.74. The van der Waals surface area contributed by atoms with Gasteiger partial charge < -0.3 is 10.6 Å². The number of nitrogens with zero attached hydrogens (tertiary/aromatic N) is 4. The van der Waals surface area contributed by atoms with E-state index >= 15 is 0 Å². The van der Waals surface area contributed by atoms with Crippen LogP contribution in [-0.2, 0) is 14.1 Å². The Morgan fingerprint density at radius 3 is 2.14 bits per heavy atom. The van der Waals surface area contributed by atoms with Gasteiger partial charge in [0.25, 0.3) is 11.5 Å². The summed E-state index contributed by atoms with van der Waals surface area (Å²) in [6, 6.07) is 8.46. The van der Waals surface area contributed by atoms with E-state index < -0.39 is 23.1 Å². The Balaban J connectivity index is 1.74. The largest absolute Gasteiger partial charge is 0.384 e. The quantitative estimate of drug-likeness (QED) is 0.707. The molecule has 1 amide bonds. The topological polar surface area (TPSA) is 111 Å². The first kappa shape index (κ1) is 20.5. The van der Waals surface area contributed by atoms with Crippen molar-refractivity contribution < 1.29 is 9.59 Å². The van der Waals surface area contributed by atoms with Crippen LogP contribution in [0.1, 0.15) is 27.6 Å². The Morgan fingerprint density at radius 1 is 0.966 bits per heavy atom. The highest BCUT2D eigenvalue weighted by molar-refractivity contribution is 6.03. The highest BCUT2D eigenvalue weighted by Crippen LogP contribution is 2.15. The van der Waals surface area contributed by atoms with Crippen molar-refractivity contribution in [2.75, 3.05) is 31.9 Å². The Labute approximate surface area is 167 Å². The van der Waals surface area contributed by atoms with E-state index in [1.807, 2.05) is 23.1 Å². The average Bonchev–Trinajstić information content (AvgIpc) is 2.76. The van der Waals surface area contributed by atoms with Crippen LogP contribution in [0, 0.1) is 0 Å². The van der Waals surface area contributed by atoms with Crippen LogP contribution < -0.4 is 17.0 Å². The van der Waals surface area contributed by atoms with E-state index in [4.69, 9.17) is 5.73 Å². The Kier molecular flexibility index (Phi) is 5.69. The zero-order valence-corrected chi connectivity index (χ0v) is 16.8. The molecule has 29 heavy (non-hydrogen) atoms. The van der Waals surface area contributed by atoms with Crippen LogP contribution >= 0.6 is 0 Å². The Hall–Kier alpha value is -3.20. The molecule has 1 saturated heterocycles. The molecule has 3 rings (SSSR count). The summed E-state index contributed by atoms with van der Waals surface area (Å²) >= 11 is 0. The summed E-state index contributed by atoms with van der Waals surface area (Å²) in [4.78, 5) is 53.7. The molecule has 1 aromatic carbocycles. The lowest BCUT2D eigenvalue weighted by Gasteiger charge is -2.37. The fourth-order valence-corrected chi connectivity index (χ4v) is 3.54. The lowest BCUT2D eigenvalue weighted by molar-refractivity contribution is 0.0551. The van der Waals surface area contributed by atoms with Crippen molar-refractivity contribution in [3.8, 4) is 0 Å². The van der Waals surface area contributed by atoms with Gasteiger partial charge in [-0.05, 0) is 19.1 Å². The third-order valence-electron chi connectivity index (χ3n) is 5.51. The molecule has 0 aliphatic carbocycles. The summed E-state index contributed by atoms with van der Waals surface area (Å²) in [6.45, 7) is 3.66. The first-order valence-electron chi connectivity index (χ1n) is 9.42. The molecule has 1 aromatic heterocycles. The molecule has 2 heterocycles. The molecule has 0 spiro atoms. The molecule has 0 bridgehead atoms. The van der Waals surface area contributed by atoms with Crippen molar-refractivity contribution in [3.05, 3.63) is 62.3 Å². The standard InChI is InChI=1S/C20H25N5O4/c1-13(16(26)15-17(21)22(2)20(29)23(3)19(15)28)24-9-11-25(12-10-24)18(27)14-7-5-4-6-8-14/h4-8,13H,9-12,21H2,1-3H3. The number of hydrogen-bond donors (Lipinski definition) is 1. The van der Waals surface area contributed by atoms with Crippen molar-refractivity contribution in [2.24, 2.45) is 14.1 Å². The molecule has 1 aliphatic heterocycles. The summed E-state index contributed by atoms with van der Waals surface area (Å²) in [5.74, 6) is -0.602. The van der Waals surface area contributed by atoms with Crippen LogP contribution in [-0.4, -0.2) is 62.8 Å². The third-order valence-corrected chi connectivity index (χ3v) is 5.51. The van der Waals surface area contributed by atoms with Gasteiger partial charge in [-0.15, -0.1) is 0 Å². The SMILES string of the molecule is CC(C(=O)c1c(N)n(C)c(=O)n(C)c1=O)N1CCN(C(=O)c2ccccc2)CC1. The summed E-state index contributed by atoms with van der Waals surface area (Å²) in [5, 5.41) is 0. The van der Waals surface area contributed by atoms with Crippen molar-refractivity contribution in [1.29, 1.82) is 0 Å². The van der Waals surface area contributed by atoms with Gasteiger partial charge in [-0.2, -0.15) is 0 Å². The summed E-state index contributed by atoms with van der Waals surface area (Å²) in [6.07, 6.45) is 0. The second-order valence-electron chi connectivity index (χ2n) is 7.20. The highest BCUT2D eigenvalue weighted by Gasteiger charge is 2.31. The monoisotopic (exact) mass is 399 g/mol. The molecule has 9 nitrogen and oxygen atoms in total. The van der Waals surface area contributed by atoms with Gasteiger partial charge in [0.15, 0.2) is 5.78 Å². The van der Waals surface area contributed by atoms with Gasteiger partial charge in [0.2, 0.25) is 0 Å². The molecule has 9 heteroatoms. The second kappa shape index (κ2) is 8.04. The van der Waals surface area contributed by atoms with Gasteiger partial charge in [0.05, 0.1) is 6.04 Å². The van der Waals surface area contributed by atoms with Crippen LogP contribution in [0.4, 0.5) is 5.82 Å². The van der Waals surface area contributed by atoms with Crippen molar-refractivity contribution in [1.82, 2.24) is 18.9 Å². The fraction of sp³-hybridized carbons (Fsp3) is 0.400. The van der Waals surface area contributed by atoms with Crippen LogP contribution in [0.2, 0.25) is 0 Å². The van der Waals surface area contributed by atoms with Crippen molar-refractivity contribution in [3.63, 3.8) is 0 Å². The number of rotatable bonds is 4. The first-order valence-corrected chi connectivity index (χ1v) is 9.42. The first-order chi connectivity index (χ1) is 13.7. The number of anilines is 1. The third kappa shape index (κ3) is 3.73. The van der Waals surface area contributed by atoms with Crippen LogP contribution in [0.15, 0.2) is 39.9 Å². The lowest BCUT2D eigenvalue weighted by Crippen LogP contribution is -2.54. The molecule has 2 aromatic rings. The van der Waals surface area contributed by atoms with E-state index in [0.717, 1.165) is 9.13 Å². The van der Waals surface area contributed by atoms with Gasteiger partial charge in [-0.3, -0.25) is 28.4 Å². The van der Waals surface area contributed by atoms with E-state index in [0.29, 0.717) is 31.7 Å². The highest BCUT2D eigenvalue weighted by atomic mass is 16.2. The minimum Gasteiger partial charge on any atom is -0.384 e. The van der Waals surface area contributed by atoms with Gasteiger partial charge in [-0.1, -0.05) is 18.2 Å². The number of carbonyl (C=O) groups is 2. The maximum Gasteiger partial charge on any atom is 0.332 e. The number of hydrogen-bond acceptors (Lipinski definition) is 6. The predicted octanol–water partition coefficient (Wildman–Crippen LogP) is -0.305. The maximum absolute atomic E-state index is 13.0. The Morgan fingerprint density at radius 2 is 1.55 bits per heavy atom. The molecule has 0 saturated carbocycles. The number of carbonyl (C=O) groups excluding carboxylic acids is 2.